The van der Waals surface area contributed by atoms with Gasteiger partial charge in [0.15, 0.2) is 0 Å². The smallest absolute Gasteiger partial charge is 0.310 e. The van der Waals surface area contributed by atoms with Crippen LogP contribution in [0, 0.1) is 5.92 Å². The first kappa shape index (κ1) is 16.2. The van der Waals surface area contributed by atoms with Gasteiger partial charge in [0.1, 0.15) is 0 Å². The van der Waals surface area contributed by atoms with Crippen LogP contribution in [0.3, 0.4) is 0 Å². The number of carbonyl (C=O) groups is 2. The molecule has 1 unspecified atom stereocenters. The van der Waals surface area contributed by atoms with E-state index < -0.39 is 0 Å². The highest BCUT2D eigenvalue weighted by atomic mass is 16.5. The van der Waals surface area contributed by atoms with Gasteiger partial charge in [0.05, 0.1) is 19.4 Å². The Balaban J connectivity index is 2.65. The number of rotatable bonds is 7. The molecule has 0 aromatic heterocycles. The Morgan fingerprint density at radius 1 is 1.25 bits per heavy atom. The standard InChI is InChI=1S/C16H23NO3/c1-4-10-17(12-13(2)16(19)20-3)15(18)11-14-8-6-5-7-9-14/h5-9,13H,4,10-12H2,1-3H3. The average Bonchev–Trinajstić information content (AvgIpc) is 2.46. The predicted octanol–water partition coefficient (Wildman–Crippen LogP) is 2.28. The first-order valence-corrected chi connectivity index (χ1v) is 6.98. The van der Waals surface area contributed by atoms with Crippen LogP contribution >= 0.6 is 0 Å². The maximum absolute atomic E-state index is 12.3. The second kappa shape index (κ2) is 8.35. The van der Waals surface area contributed by atoms with Crippen molar-refractivity contribution in [3.8, 4) is 0 Å². The largest absolute Gasteiger partial charge is 0.469 e. The van der Waals surface area contributed by atoms with Crippen molar-refractivity contribution in [2.75, 3.05) is 20.2 Å². The van der Waals surface area contributed by atoms with E-state index in [1.807, 2.05) is 37.3 Å². The fourth-order valence-corrected chi connectivity index (χ4v) is 2.08. The number of hydrogen-bond donors (Lipinski definition) is 0. The van der Waals surface area contributed by atoms with Gasteiger partial charge in [0.25, 0.3) is 0 Å². The molecule has 0 heterocycles. The van der Waals surface area contributed by atoms with E-state index >= 15 is 0 Å². The third-order valence-electron chi connectivity index (χ3n) is 3.14. The second-order valence-corrected chi connectivity index (χ2v) is 4.93. The van der Waals surface area contributed by atoms with Crippen molar-refractivity contribution in [3.05, 3.63) is 35.9 Å². The van der Waals surface area contributed by atoms with Crippen molar-refractivity contribution in [2.45, 2.75) is 26.7 Å². The lowest BCUT2D eigenvalue weighted by Gasteiger charge is -2.24. The molecule has 0 aliphatic heterocycles. The topological polar surface area (TPSA) is 46.6 Å². The molecule has 1 rings (SSSR count). The minimum Gasteiger partial charge on any atom is -0.469 e. The number of hydrogen-bond acceptors (Lipinski definition) is 3. The molecule has 0 aliphatic carbocycles. The molecule has 1 aromatic carbocycles. The van der Waals surface area contributed by atoms with Gasteiger partial charge in [0, 0.05) is 13.1 Å². The monoisotopic (exact) mass is 277 g/mol. The van der Waals surface area contributed by atoms with E-state index in [4.69, 9.17) is 4.74 Å². The van der Waals surface area contributed by atoms with Crippen LogP contribution in [0.2, 0.25) is 0 Å². The van der Waals surface area contributed by atoms with Crippen molar-refractivity contribution < 1.29 is 14.3 Å². The van der Waals surface area contributed by atoms with Gasteiger partial charge in [-0.1, -0.05) is 44.2 Å². The van der Waals surface area contributed by atoms with Crippen molar-refractivity contribution in [3.63, 3.8) is 0 Å². The molecular formula is C16H23NO3. The highest BCUT2D eigenvalue weighted by Crippen LogP contribution is 2.08. The molecule has 0 radical (unpaired) electrons. The number of carbonyl (C=O) groups excluding carboxylic acids is 2. The Morgan fingerprint density at radius 2 is 1.90 bits per heavy atom. The summed E-state index contributed by atoms with van der Waals surface area (Å²) in [5.41, 5.74) is 0.990. The Kier molecular flexibility index (Phi) is 6.77. The van der Waals surface area contributed by atoms with Gasteiger partial charge in [-0.05, 0) is 12.0 Å². The third kappa shape index (κ3) is 5.03. The number of ether oxygens (including phenoxy) is 1. The van der Waals surface area contributed by atoms with Crippen molar-refractivity contribution in [1.29, 1.82) is 0 Å². The van der Waals surface area contributed by atoms with Crippen LogP contribution in [0.5, 0.6) is 0 Å². The summed E-state index contributed by atoms with van der Waals surface area (Å²) in [4.78, 5) is 25.5. The molecule has 4 heteroatoms. The summed E-state index contributed by atoms with van der Waals surface area (Å²) in [5, 5.41) is 0. The van der Waals surface area contributed by atoms with Crippen LogP contribution in [0.1, 0.15) is 25.8 Å². The average molecular weight is 277 g/mol. The Bertz CT molecular complexity index is 431. The molecule has 0 fully saturated rings. The van der Waals surface area contributed by atoms with Gasteiger partial charge >= 0.3 is 5.97 Å². The van der Waals surface area contributed by atoms with Gasteiger partial charge in [-0.15, -0.1) is 0 Å². The number of nitrogens with zero attached hydrogens (tertiary/aromatic N) is 1. The minimum atomic E-state index is -0.300. The summed E-state index contributed by atoms with van der Waals surface area (Å²) in [6.45, 7) is 4.87. The first-order valence-electron chi connectivity index (χ1n) is 6.98. The molecule has 0 saturated carbocycles. The second-order valence-electron chi connectivity index (χ2n) is 4.93. The first-order chi connectivity index (χ1) is 9.58. The number of esters is 1. The van der Waals surface area contributed by atoms with Gasteiger partial charge in [-0.3, -0.25) is 9.59 Å². The SMILES string of the molecule is CCCN(CC(C)C(=O)OC)C(=O)Cc1ccccc1. The quantitative estimate of drug-likeness (QED) is 0.718. The van der Waals surface area contributed by atoms with Gasteiger partial charge in [0.2, 0.25) is 5.91 Å². The van der Waals surface area contributed by atoms with E-state index in [9.17, 15) is 9.59 Å². The molecule has 0 saturated heterocycles. The molecule has 0 bridgehead atoms. The van der Waals surface area contributed by atoms with Crippen LogP contribution < -0.4 is 0 Å². The van der Waals surface area contributed by atoms with E-state index in [1.165, 1.54) is 7.11 Å². The summed E-state index contributed by atoms with van der Waals surface area (Å²) in [6, 6.07) is 9.64. The van der Waals surface area contributed by atoms with Gasteiger partial charge in [-0.25, -0.2) is 0 Å². The van der Waals surface area contributed by atoms with Crippen LogP contribution in [0.15, 0.2) is 30.3 Å². The summed E-state index contributed by atoms with van der Waals surface area (Å²) in [6.07, 6.45) is 1.24. The van der Waals surface area contributed by atoms with E-state index in [0.717, 1.165) is 12.0 Å². The van der Waals surface area contributed by atoms with Gasteiger partial charge < -0.3 is 9.64 Å². The lowest BCUT2D eigenvalue weighted by atomic mass is 10.1. The van der Waals surface area contributed by atoms with E-state index in [0.29, 0.717) is 19.5 Å². The summed E-state index contributed by atoms with van der Waals surface area (Å²) in [7, 11) is 1.37. The maximum Gasteiger partial charge on any atom is 0.310 e. The minimum absolute atomic E-state index is 0.0498. The number of benzene rings is 1. The highest BCUT2D eigenvalue weighted by molar-refractivity contribution is 5.80. The lowest BCUT2D eigenvalue weighted by molar-refractivity contribution is -0.146. The summed E-state index contributed by atoms with van der Waals surface area (Å²) >= 11 is 0. The zero-order valence-corrected chi connectivity index (χ0v) is 12.5. The van der Waals surface area contributed by atoms with Gasteiger partial charge in [-0.2, -0.15) is 0 Å². The Morgan fingerprint density at radius 3 is 2.45 bits per heavy atom. The molecule has 0 spiro atoms. The number of amides is 1. The zero-order valence-electron chi connectivity index (χ0n) is 12.5. The van der Waals surface area contributed by atoms with E-state index in [1.54, 1.807) is 11.8 Å². The molecule has 20 heavy (non-hydrogen) atoms. The molecule has 0 N–H and O–H groups in total. The molecule has 4 nitrogen and oxygen atoms in total. The summed E-state index contributed by atoms with van der Waals surface area (Å²) < 4.78 is 4.71. The highest BCUT2D eigenvalue weighted by Gasteiger charge is 2.20. The molecule has 0 aliphatic rings. The summed E-state index contributed by atoms with van der Waals surface area (Å²) in [5.74, 6) is -0.529. The van der Waals surface area contributed by atoms with Crippen molar-refractivity contribution >= 4 is 11.9 Å². The zero-order chi connectivity index (χ0) is 15.0. The van der Waals surface area contributed by atoms with Crippen molar-refractivity contribution in [2.24, 2.45) is 5.92 Å². The molecule has 1 amide bonds. The molecular weight excluding hydrogens is 254 g/mol. The fraction of sp³-hybridized carbons (Fsp3) is 0.500. The maximum atomic E-state index is 12.3. The fourth-order valence-electron chi connectivity index (χ4n) is 2.08. The lowest BCUT2D eigenvalue weighted by Crippen LogP contribution is -2.38. The van der Waals surface area contributed by atoms with E-state index in [-0.39, 0.29) is 17.8 Å². The molecule has 1 atom stereocenters. The predicted molar refractivity (Wildman–Crippen MR) is 78.2 cm³/mol. The van der Waals surface area contributed by atoms with Crippen LogP contribution in [-0.2, 0) is 20.7 Å². The normalized spacial score (nSPS) is 11.8. The number of methoxy groups -OCH3 is 1. The van der Waals surface area contributed by atoms with Crippen LogP contribution in [-0.4, -0.2) is 37.0 Å². The Labute approximate surface area is 120 Å². The molecule has 110 valence electrons. The van der Waals surface area contributed by atoms with Crippen LogP contribution in [0.4, 0.5) is 0 Å². The van der Waals surface area contributed by atoms with Crippen molar-refractivity contribution in [1.82, 2.24) is 4.90 Å². The Hall–Kier alpha value is -1.84. The van der Waals surface area contributed by atoms with E-state index in [2.05, 4.69) is 0 Å². The van der Waals surface area contributed by atoms with Crippen LogP contribution in [0.25, 0.3) is 0 Å². The molecule has 1 aromatic rings. The third-order valence-corrected chi connectivity index (χ3v) is 3.14.